The quantitative estimate of drug-likeness (QED) is 0.155. The highest BCUT2D eigenvalue weighted by Gasteiger charge is 2.52. The SMILES string of the molecule is CC(C)(C)c1ccc(N2c3cc(C(C)(C)C)ccc3B3c4c(cc(C(C)(C)C)cc42)-c2c4c(cc5c2C(C)(C)c2ccccc2-5)Oc2cc(C(C)(C)C)ccc2N34)cc1. The van der Waals surface area contributed by atoms with Gasteiger partial charge in [0, 0.05) is 28.0 Å². The molecular weight excluding hydrogens is 715 g/mol. The Morgan fingerprint density at radius 3 is 1.76 bits per heavy atom. The fourth-order valence-corrected chi connectivity index (χ4v) is 10.4. The topological polar surface area (TPSA) is 15.7 Å². The van der Waals surface area contributed by atoms with Crippen LogP contribution in [0.5, 0.6) is 11.5 Å². The molecule has 1 aliphatic carbocycles. The van der Waals surface area contributed by atoms with Crippen molar-refractivity contribution in [2.45, 2.75) is 124 Å². The molecule has 0 aromatic heterocycles. The van der Waals surface area contributed by atoms with Crippen molar-refractivity contribution in [2.75, 3.05) is 9.71 Å². The van der Waals surface area contributed by atoms with Gasteiger partial charge in [-0.3, -0.25) is 0 Å². The first-order chi connectivity index (χ1) is 27.5. The molecule has 0 bridgehead atoms. The molecule has 0 amide bonds. The molecular formula is C55H59BN2O. The molecule has 4 aliphatic rings. The molecule has 6 aromatic carbocycles. The van der Waals surface area contributed by atoms with Crippen molar-refractivity contribution in [1.29, 1.82) is 0 Å². The Balaban J connectivity index is 1.37. The molecule has 6 aromatic rings. The number of rotatable bonds is 1. The minimum atomic E-state index is -0.230. The van der Waals surface area contributed by atoms with E-state index in [0.717, 1.165) is 17.2 Å². The van der Waals surface area contributed by atoms with Gasteiger partial charge in [0.15, 0.2) is 5.75 Å². The molecule has 3 aliphatic heterocycles. The molecule has 0 saturated heterocycles. The van der Waals surface area contributed by atoms with E-state index < -0.39 is 0 Å². The molecule has 3 heterocycles. The van der Waals surface area contributed by atoms with Crippen molar-refractivity contribution in [1.82, 2.24) is 0 Å². The van der Waals surface area contributed by atoms with E-state index in [-0.39, 0.29) is 33.9 Å². The predicted molar refractivity (Wildman–Crippen MR) is 253 cm³/mol. The Morgan fingerprint density at radius 2 is 1.10 bits per heavy atom. The lowest BCUT2D eigenvalue weighted by Gasteiger charge is -2.49. The highest BCUT2D eigenvalue weighted by molar-refractivity contribution is 6.93. The van der Waals surface area contributed by atoms with Gasteiger partial charge >= 0.3 is 6.85 Å². The van der Waals surface area contributed by atoms with Crippen molar-refractivity contribution in [3.8, 4) is 33.8 Å². The third kappa shape index (κ3) is 5.47. The smallest absolute Gasteiger partial charge is 0.333 e. The van der Waals surface area contributed by atoms with E-state index in [0.29, 0.717) is 0 Å². The summed E-state index contributed by atoms with van der Waals surface area (Å²) < 4.78 is 7.25. The molecule has 3 nitrogen and oxygen atoms in total. The summed E-state index contributed by atoms with van der Waals surface area (Å²) in [6, 6.07) is 40.2. The predicted octanol–water partition coefficient (Wildman–Crippen LogP) is 14.0. The van der Waals surface area contributed by atoms with Crippen LogP contribution in [0.1, 0.15) is 130 Å². The molecule has 0 N–H and O–H groups in total. The van der Waals surface area contributed by atoms with Crippen molar-refractivity contribution in [3.63, 3.8) is 0 Å². The summed E-state index contributed by atoms with van der Waals surface area (Å²) in [7, 11) is 0. The molecule has 0 atom stereocenters. The lowest BCUT2D eigenvalue weighted by Crippen LogP contribution is -2.62. The summed E-state index contributed by atoms with van der Waals surface area (Å²) in [4.78, 5) is 5.27. The Bertz CT molecular complexity index is 2760. The van der Waals surface area contributed by atoms with Crippen LogP contribution in [0.3, 0.4) is 0 Å². The Labute approximate surface area is 353 Å². The lowest BCUT2D eigenvalue weighted by molar-refractivity contribution is 0.474. The van der Waals surface area contributed by atoms with Crippen molar-refractivity contribution in [3.05, 3.63) is 137 Å². The fraction of sp³-hybridized carbons (Fsp3) is 0.345. The summed E-state index contributed by atoms with van der Waals surface area (Å²) >= 11 is 0. The maximum atomic E-state index is 7.25. The molecule has 4 heteroatoms. The van der Waals surface area contributed by atoms with E-state index in [1.807, 2.05) is 0 Å². The maximum Gasteiger partial charge on any atom is 0.333 e. The van der Waals surface area contributed by atoms with Crippen LogP contribution in [0.25, 0.3) is 22.3 Å². The summed E-state index contributed by atoms with van der Waals surface area (Å²) in [5.74, 6) is 1.86. The normalized spacial score (nSPS) is 15.8. The van der Waals surface area contributed by atoms with Crippen LogP contribution in [0.2, 0.25) is 0 Å². The van der Waals surface area contributed by atoms with Gasteiger partial charge in [-0.05, 0) is 125 Å². The zero-order valence-corrected chi connectivity index (χ0v) is 37.7. The summed E-state index contributed by atoms with van der Waals surface area (Å²) in [6.45, 7) is 32.6. The van der Waals surface area contributed by atoms with Crippen molar-refractivity contribution < 1.29 is 4.74 Å². The van der Waals surface area contributed by atoms with E-state index >= 15 is 0 Å². The van der Waals surface area contributed by atoms with Gasteiger partial charge in [-0.2, -0.15) is 0 Å². The maximum absolute atomic E-state index is 7.25. The lowest BCUT2D eigenvalue weighted by atomic mass is 9.42. The van der Waals surface area contributed by atoms with Crippen LogP contribution in [0, 0.1) is 0 Å². The van der Waals surface area contributed by atoms with Crippen molar-refractivity contribution in [2.24, 2.45) is 0 Å². The molecule has 0 spiro atoms. The number of nitrogens with zero attached hydrogens (tertiary/aromatic N) is 2. The van der Waals surface area contributed by atoms with Gasteiger partial charge in [0.25, 0.3) is 0 Å². The van der Waals surface area contributed by atoms with E-state index in [1.54, 1.807) is 0 Å². The summed E-state index contributed by atoms with van der Waals surface area (Å²) in [6.07, 6.45) is 0. The summed E-state index contributed by atoms with van der Waals surface area (Å²) in [5.41, 5.74) is 21.6. The van der Waals surface area contributed by atoms with Gasteiger partial charge in [0.2, 0.25) is 0 Å². The van der Waals surface area contributed by atoms with Crippen molar-refractivity contribution >= 4 is 46.2 Å². The Morgan fingerprint density at radius 1 is 0.508 bits per heavy atom. The van der Waals surface area contributed by atoms with Gasteiger partial charge in [-0.15, -0.1) is 0 Å². The zero-order chi connectivity index (χ0) is 41.9. The van der Waals surface area contributed by atoms with Gasteiger partial charge in [0.05, 0.1) is 11.4 Å². The van der Waals surface area contributed by atoms with Gasteiger partial charge in [0.1, 0.15) is 5.75 Å². The van der Waals surface area contributed by atoms with E-state index in [1.165, 1.54) is 89.3 Å². The van der Waals surface area contributed by atoms with Gasteiger partial charge < -0.3 is 14.4 Å². The molecule has 0 unspecified atom stereocenters. The monoisotopic (exact) mass is 774 g/mol. The molecule has 0 saturated carbocycles. The number of fused-ring (bicyclic) bond motifs is 10. The van der Waals surface area contributed by atoms with Crippen LogP contribution in [0.15, 0.2) is 103 Å². The zero-order valence-electron chi connectivity index (χ0n) is 37.7. The number of anilines is 5. The largest absolute Gasteiger partial charge is 0.453 e. The highest BCUT2D eigenvalue weighted by Crippen LogP contribution is 2.63. The fourth-order valence-electron chi connectivity index (χ4n) is 10.4. The first kappa shape index (κ1) is 38.0. The number of hydrogen-bond donors (Lipinski definition) is 0. The average molecular weight is 775 g/mol. The third-order valence-corrected chi connectivity index (χ3v) is 13.8. The van der Waals surface area contributed by atoms with Crippen LogP contribution in [-0.4, -0.2) is 6.85 Å². The van der Waals surface area contributed by atoms with Gasteiger partial charge in [-0.1, -0.05) is 158 Å². The number of benzene rings is 6. The average Bonchev–Trinajstić information content (AvgIpc) is 3.39. The molecule has 59 heavy (non-hydrogen) atoms. The minimum Gasteiger partial charge on any atom is -0.453 e. The first-order valence-electron chi connectivity index (χ1n) is 21.7. The number of ether oxygens (including phenoxy) is 1. The van der Waals surface area contributed by atoms with E-state index in [2.05, 4.69) is 210 Å². The second-order valence-electron chi connectivity index (χ2n) is 22.4. The summed E-state index contributed by atoms with van der Waals surface area (Å²) in [5, 5.41) is 0. The first-order valence-corrected chi connectivity index (χ1v) is 21.7. The molecule has 298 valence electrons. The molecule has 0 fully saturated rings. The van der Waals surface area contributed by atoms with Crippen LogP contribution < -0.4 is 25.4 Å². The van der Waals surface area contributed by atoms with Crippen LogP contribution in [0.4, 0.5) is 28.4 Å². The second-order valence-corrected chi connectivity index (χ2v) is 22.4. The Kier molecular flexibility index (Phi) is 7.71. The van der Waals surface area contributed by atoms with E-state index in [4.69, 9.17) is 4.74 Å². The van der Waals surface area contributed by atoms with Crippen LogP contribution in [-0.2, 0) is 27.1 Å². The third-order valence-electron chi connectivity index (χ3n) is 13.8. The van der Waals surface area contributed by atoms with E-state index in [9.17, 15) is 0 Å². The molecule has 0 radical (unpaired) electrons. The minimum absolute atomic E-state index is 0.0282. The standard InChI is InChI=1S/C55H59BN2O/c1-51(2,3)32-19-23-36(24-20-32)57-43-28-33(52(4,5)6)21-25-41(43)56-49-39(27-35(29-44(49)57)54(10,11)12)47-48-38(37-17-15-16-18-40(37)55(48,13)14)31-46-50(47)58(56)42-26-22-34(53(7,8)9)30-45(42)59-46/h15-31H,1-14H3. The Hall–Kier alpha value is -5.22. The number of hydrogen-bond acceptors (Lipinski definition) is 3. The highest BCUT2D eigenvalue weighted by atomic mass is 16.5. The van der Waals surface area contributed by atoms with Crippen LogP contribution >= 0.6 is 0 Å². The molecule has 10 rings (SSSR count). The van der Waals surface area contributed by atoms with Gasteiger partial charge in [-0.25, -0.2) is 0 Å². The second kappa shape index (κ2) is 12.0.